The van der Waals surface area contributed by atoms with Gasteiger partial charge in [-0.15, -0.1) is 11.8 Å². The average molecular weight is 595 g/mol. The highest BCUT2D eigenvalue weighted by atomic mass is 32.2. The normalized spacial score (nSPS) is 35.3. The summed E-state index contributed by atoms with van der Waals surface area (Å²) < 4.78 is 12.5. The molecule has 1 amide bonds. The number of piperazine rings is 1. The first kappa shape index (κ1) is 29.9. The number of amides is 1. The van der Waals surface area contributed by atoms with Crippen LogP contribution in [0.5, 0.6) is 5.75 Å². The van der Waals surface area contributed by atoms with Crippen LogP contribution in [-0.2, 0) is 16.0 Å². The van der Waals surface area contributed by atoms with Crippen LogP contribution in [0.2, 0.25) is 0 Å². The molecule has 4 heterocycles. The van der Waals surface area contributed by atoms with Crippen LogP contribution in [0, 0.1) is 17.2 Å². The largest absolute Gasteiger partial charge is 0.496 e. The number of methoxy groups -OCH3 is 1. The first-order chi connectivity index (χ1) is 20.4. The zero-order valence-corrected chi connectivity index (χ0v) is 25.9. The second-order valence-corrected chi connectivity index (χ2v) is 14.2. The zero-order chi connectivity index (χ0) is 29.3. The number of carbonyl (C=O) groups excluding carboxylic acids is 1. The van der Waals surface area contributed by atoms with Gasteiger partial charge in [0.05, 0.1) is 43.3 Å². The van der Waals surface area contributed by atoms with Crippen LogP contribution in [0.4, 0.5) is 0 Å². The lowest BCUT2D eigenvalue weighted by Gasteiger charge is -2.56. The number of thioether (sulfide) groups is 1. The molecule has 3 saturated heterocycles. The smallest absolute Gasteiger partial charge is 0.246 e. The quantitative estimate of drug-likeness (QED) is 0.462. The molecule has 10 heteroatoms. The third-order valence-corrected chi connectivity index (χ3v) is 12.1. The number of hydrogen-bond donors (Lipinski definition) is 2. The van der Waals surface area contributed by atoms with E-state index >= 15 is 0 Å². The second-order valence-electron chi connectivity index (χ2n) is 12.8. The summed E-state index contributed by atoms with van der Waals surface area (Å²) >= 11 is 2.04. The Labute approximate surface area is 254 Å². The van der Waals surface area contributed by atoms with Gasteiger partial charge in [0.25, 0.3) is 0 Å². The summed E-state index contributed by atoms with van der Waals surface area (Å²) in [6.07, 6.45) is 9.59. The van der Waals surface area contributed by atoms with Crippen LogP contribution in [-0.4, -0.2) is 103 Å². The summed E-state index contributed by atoms with van der Waals surface area (Å²) in [5.41, 5.74) is 1.40. The minimum atomic E-state index is -0.238. The van der Waals surface area contributed by atoms with E-state index in [2.05, 4.69) is 58.3 Å². The minimum Gasteiger partial charge on any atom is -0.496 e. The van der Waals surface area contributed by atoms with Crippen molar-refractivity contribution in [3.8, 4) is 11.8 Å². The molecule has 4 fully saturated rings. The Bertz CT molecular complexity index is 1180. The highest BCUT2D eigenvalue weighted by Crippen LogP contribution is 2.55. The number of aryl methyl sites for hydroxylation is 1. The molecule has 6 unspecified atom stereocenters. The lowest BCUT2D eigenvalue weighted by atomic mass is 9.73. The number of nitrogens with zero attached hydrogens (tertiary/aromatic N) is 4. The van der Waals surface area contributed by atoms with Crippen LogP contribution in [0.1, 0.15) is 50.5 Å². The van der Waals surface area contributed by atoms with Gasteiger partial charge in [0, 0.05) is 42.4 Å². The molecule has 0 radical (unpaired) electrons. The van der Waals surface area contributed by atoms with Gasteiger partial charge in [-0.05, 0) is 76.2 Å². The van der Waals surface area contributed by atoms with E-state index in [1.165, 1.54) is 35.8 Å². The standard InChI is InChI=1S/C32H46N6O3S/c1-4-28(39)38-18-17-37(20-23(38)12-15-33)30-25-11-14-32(13-10-22-7-5-9-27(40-3)29(22)42-32)19-26(25)34-31(35-30)41-21-24-8-6-16-36(24)2/h4-5,7,9,23-26,30-31,34-35H,1,6,8,10-14,16-21H2,2-3H3/t23?,24?,25?,26?,30?,31?,32-/m0/s1. The van der Waals surface area contributed by atoms with E-state index in [0.717, 1.165) is 44.5 Å². The average Bonchev–Trinajstić information content (AvgIpc) is 3.43. The Hall–Kier alpha value is -2.13. The summed E-state index contributed by atoms with van der Waals surface area (Å²) in [4.78, 5) is 20.6. The number of ether oxygens (including phenoxy) is 2. The van der Waals surface area contributed by atoms with Crippen molar-refractivity contribution in [1.82, 2.24) is 25.3 Å². The molecule has 9 nitrogen and oxygen atoms in total. The summed E-state index contributed by atoms with van der Waals surface area (Å²) in [5, 5.41) is 17.3. The number of nitrogens with one attached hydrogen (secondary N) is 2. The van der Waals surface area contributed by atoms with Crippen LogP contribution in [0.25, 0.3) is 0 Å². The first-order valence-corrected chi connectivity index (χ1v) is 16.5. The highest BCUT2D eigenvalue weighted by Gasteiger charge is 2.50. The van der Waals surface area contributed by atoms with E-state index in [-0.39, 0.29) is 29.2 Å². The highest BCUT2D eigenvalue weighted by molar-refractivity contribution is 8.00. The number of hydrogen-bond acceptors (Lipinski definition) is 9. The van der Waals surface area contributed by atoms with E-state index in [1.807, 2.05) is 16.7 Å². The molecule has 1 aliphatic carbocycles. The fourth-order valence-corrected chi connectivity index (χ4v) is 9.71. The van der Waals surface area contributed by atoms with Crippen molar-refractivity contribution < 1.29 is 14.3 Å². The summed E-state index contributed by atoms with van der Waals surface area (Å²) in [5.74, 6) is 1.32. The van der Waals surface area contributed by atoms with Crippen molar-refractivity contribution >= 4 is 17.7 Å². The van der Waals surface area contributed by atoms with Gasteiger partial charge in [0.15, 0.2) is 6.35 Å². The Morgan fingerprint density at radius 1 is 1.24 bits per heavy atom. The number of fused-ring (bicyclic) bond motifs is 2. The monoisotopic (exact) mass is 594 g/mol. The molecule has 7 atom stereocenters. The molecule has 1 saturated carbocycles. The second kappa shape index (κ2) is 12.8. The maximum Gasteiger partial charge on any atom is 0.246 e. The number of rotatable bonds is 7. The van der Waals surface area contributed by atoms with Crippen molar-refractivity contribution in [2.75, 3.05) is 46.9 Å². The van der Waals surface area contributed by atoms with E-state index in [0.29, 0.717) is 44.1 Å². The van der Waals surface area contributed by atoms with Gasteiger partial charge in [-0.2, -0.15) is 5.26 Å². The number of benzene rings is 1. The maximum atomic E-state index is 12.6. The maximum absolute atomic E-state index is 12.6. The fraction of sp³-hybridized carbons (Fsp3) is 0.688. The molecule has 1 aromatic rings. The molecular weight excluding hydrogens is 548 g/mol. The molecular formula is C32H46N6O3S. The van der Waals surface area contributed by atoms with Crippen molar-refractivity contribution in [1.29, 1.82) is 5.26 Å². The molecule has 5 aliphatic rings. The lowest BCUT2D eigenvalue weighted by Crippen LogP contribution is -2.72. The lowest BCUT2D eigenvalue weighted by molar-refractivity contribution is -0.135. The van der Waals surface area contributed by atoms with Crippen molar-refractivity contribution in [2.45, 2.75) is 91.7 Å². The number of carbonyl (C=O) groups is 1. The van der Waals surface area contributed by atoms with Crippen LogP contribution in [0.15, 0.2) is 35.7 Å². The van der Waals surface area contributed by atoms with Gasteiger partial charge in [0.2, 0.25) is 5.91 Å². The Morgan fingerprint density at radius 2 is 2.12 bits per heavy atom. The summed E-state index contributed by atoms with van der Waals surface area (Å²) in [7, 11) is 3.97. The molecule has 228 valence electrons. The van der Waals surface area contributed by atoms with E-state index < -0.39 is 0 Å². The molecule has 6 rings (SSSR count). The minimum absolute atomic E-state index is 0.0856. The van der Waals surface area contributed by atoms with E-state index in [1.54, 1.807) is 7.11 Å². The Balaban J connectivity index is 1.22. The van der Waals surface area contributed by atoms with E-state index in [9.17, 15) is 10.1 Å². The summed E-state index contributed by atoms with van der Waals surface area (Å²) in [6.45, 7) is 7.58. The van der Waals surface area contributed by atoms with Gasteiger partial charge >= 0.3 is 0 Å². The SMILES string of the molecule is C=CC(=O)N1CCN(C2NC(OCC3CCCN3C)NC3C[C@]4(CCc5cccc(OC)c5S4)CCC32)CC1CC#N. The zero-order valence-electron chi connectivity index (χ0n) is 25.1. The van der Waals surface area contributed by atoms with Gasteiger partial charge < -0.3 is 19.3 Å². The van der Waals surface area contributed by atoms with Gasteiger partial charge in [-0.1, -0.05) is 18.7 Å². The predicted octanol–water partition coefficient (Wildman–Crippen LogP) is 3.17. The molecule has 1 aromatic carbocycles. The van der Waals surface area contributed by atoms with Crippen molar-refractivity contribution in [2.24, 2.45) is 5.92 Å². The fourth-order valence-electron chi connectivity index (χ4n) is 8.04. The molecule has 0 bridgehead atoms. The Morgan fingerprint density at radius 3 is 2.88 bits per heavy atom. The molecule has 1 spiro atoms. The van der Waals surface area contributed by atoms with Crippen LogP contribution in [0.3, 0.4) is 0 Å². The van der Waals surface area contributed by atoms with Gasteiger partial charge in [-0.3, -0.25) is 20.3 Å². The van der Waals surface area contributed by atoms with Gasteiger partial charge in [-0.25, -0.2) is 0 Å². The number of nitriles is 1. The summed E-state index contributed by atoms with van der Waals surface area (Å²) in [6, 6.07) is 9.39. The molecule has 2 N–H and O–H groups in total. The van der Waals surface area contributed by atoms with Crippen molar-refractivity contribution in [3.63, 3.8) is 0 Å². The number of likely N-dealkylation sites (tertiary alicyclic amines) is 1. The van der Waals surface area contributed by atoms with Crippen molar-refractivity contribution in [3.05, 3.63) is 36.4 Å². The van der Waals surface area contributed by atoms with Crippen LogP contribution >= 0.6 is 11.8 Å². The van der Waals surface area contributed by atoms with Gasteiger partial charge in [0.1, 0.15) is 5.75 Å². The third-order valence-electron chi connectivity index (χ3n) is 10.4. The number of likely N-dealkylation sites (N-methyl/N-ethyl adjacent to an activating group) is 1. The topological polar surface area (TPSA) is 93.1 Å². The van der Waals surface area contributed by atoms with E-state index in [4.69, 9.17) is 9.47 Å². The van der Waals surface area contributed by atoms with Crippen LogP contribution < -0.4 is 15.4 Å². The Kier molecular flexibility index (Phi) is 9.15. The third kappa shape index (κ3) is 5.97. The first-order valence-electron chi connectivity index (χ1n) is 15.7. The molecule has 4 aliphatic heterocycles. The molecule has 42 heavy (non-hydrogen) atoms. The molecule has 0 aromatic heterocycles. The predicted molar refractivity (Wildman–Crippen MR) is 164 cm³/mol.